The van der Waals surface area contributed by atoms with Crippen LogP contribution in [0.4, 0.5) is 4.79 Å². The summed E-state index contributed by atoms with van der Waals surface area (Å²) in [6, 6.07) is 0. The van der Waals surface area contributed by atoms with Crippen molar-refractivity contribution < 1.29 is 14.7 Å². The zero-order valence-electron chi connectivity index (χ0n) is 13.3. The van der Waals surface area contributed by atoms with Crippen LogP contribution in [-0.4, -0.2) is 41.6 Å². The van der Waals surface area contributed by atoms with Crippen molar-refractivity contribution >= 4 is 12.0 Å². The van der Waals surface area contributed by atoms with Gasteiger partial charge in [0.05, 0.1) is 5.92 Å². The number of carboxylic acid groups (broad SMARTS) is 1. The van der Waals surface area contributed by atoms with E-state index in [4.69, 9.17) is 5.11 Å². The molecule has 0 unspecified atom stereocenters. The Kier molecular flexibility index (Phi) is 8.87. The topological polar surface area (TPSA) is 69.6 Å². The number of likely N-dealkylation sites (tertiary alicyclic amines) is 1. The monoisotopic (exact) mass is 298 g/mol. The van der Waals surface area contributed by atoms with Crippen LogP contribution in [0.3, 0.4) is 0 Å². The summed E-state index contributed by atoms with van der Waals surface area (Å²) in [6.07, 6.45) is 9.75. The Bertz CT molecular complexity index is 321. The van der Waals surface area contributed by atoms with Gasteiger partial charge in [0.2, 0.25) is 5.91 Å². The van der Waals surface area contributed by atoms with E-state index in [1.807, 2.05) is 0 Å². The van der Waals surface area contributed by atoms with Gasteiger partial charge in [0.25, 0.3) is 0 Å². The fourth-order valence-electron chi connectivity index (χ4n) is 2.76. The summed E-state index contributed by atoms with van der Waals surface area (Å²) in [4.78, 5) is 24.0. The van der Waals surface area contributed by atoms with E-state index in [9.17, 15) is 9.59 Å². The normalized spacial score (nSPS) is 18.0. The largest absolute Gasteiger partial charge is 0.465 e. The molecule has 1 atom stereocenters. The van der Waals surface area contributed by atoms with E-state index in [0.717, 1.165) is 13.0 Å². The van der Waals surface area contributed by atoms with Crippen molar-refractivity contribution in [3.8, 4) is 0 Å². The summed E-state index contributed by atoms with van der Waals surface area (Å²) in [7, 11) is 0. The van der Waals surface area contributed by atoms with Gasteiger partial charge in [0.15, 0.2) is 0 Å². The summed E-state index contributed by atoms with van der Waals surface area (Å²) in [5.41, 5.74) is 0. The molecule has 0 aromatic rings. The Balaban J connectivity index is 1.96. The van der Waals surface area contributed by atoms with E-state index < -0.39 is 6.09 Å². The van der Waals surface area contributed by atoms with E-state index in [1.165, 1.54) is 49.8 Å². The van der Waals surface area contributed by atoms with E-state index in [-0.39, 0.29) is 11.8 Å². The molecular formula is C16H30N2O3. The second-order valence-electron chi connectivity index (χ2n) is 5.98. The molecule has 0 radical (unpaired) electrons. The third kappa shape index (κ3) is 7.34. The van der Waals surface area contributed by atoms with E-state index in [0.29, 0.717) is 19.5 Å². The number of hydrogen-bond acceptors (Lipinski definition) is 2. The third-order valence-corrected chi connectivity index (χ3v) is 4.16. The van der Waals surface area contributed by atoms with Crippen LogP contribution in [0.15, 0.2) is 0 Å². The molecule has 2 N–H and O–H groups in total. The van der Waals surface area contributed by atoms with Gasteiger partial charge in [0, 0.05) is 19.6 Å². The highest BCUT2D eigenvalue weighted by Crippen LogP contribution is 2.16. The van der Waals surface area contributed by atoms with Crippen molar-refractivity contribution in [1.29, 1.82) is 0 Å². The smallest absolute Gasteiger partial charge is 0.407 e. The van der Waals surface area contributed by atoms with Gasteiger partial charge < -0.3 is 15.3 Å². The first-order chi connectivity index (χ1) is 10.1. The number of nitrogens with zero attached hydrogens (tertiary/aromatic N) is 1. The summed E-state index contributed by atoms with van der Waals surface area (Å²) in [6.45, 7) is 3.77. The molecule has 1 aliphatic rings. The van der Waals surface area contributed by atoms with Crippen LogP contribution in [0.25, 0.3) is 0 Å². The first-order valence-corrected chi connectivity index (χ1v) is 8.40. The molecule has 0 aliphatic carbocycles. The van der Waals surface area contributed by atoms with Gasteiger partial charge in [-0.1, -0.05) is 51.9 Å². The lowest BCUT2D eigenvalue weighted by molar-refractivity contribution is -0.124. The van der Waals surface area contributed by atoms with Gasteiger partial charge in [-0.25, -0.2) is 4.79 Å². The lowest BCUT2D eigenvalue weighted by Crippen LogP contribution is -2.34. The molecular weight excluding hydrogens is 268 g/mol. The SMILES string of the molecule is CCCCCCCCCCNC(=O)[C@H]1CCN(C(=O)O)C1. The standard InChI is InChI=1S/C16H30N2O3/c1-2-3-4-5-6-7-8-9-11-17-15(19)14-10-12-18(13-14)16(20)21/h14H,2-13H2,1H3,(H,17,19)(H,20,21)/t14-/m0/s1. The van der Waals surface area contributed by atoms with Gasteiger partial charge in [-0.3, -0.25) is 4.79 Å². The van der Waals surface area contributed by atoms with Crippen LogP contribution in [-0.2, 0) is 4.79 Å². The average molecular weight is 298 g/mol. The number of amides is 2. The van der Waals surface area contributed by atoms with Crippen molar-refractivity contribution in [2.45, 2.75) is 64.7 Å². The van der Waals surface area contributed by atoms with E-state index in [2.05, 4.69) is 12.2 Å². The van der Waals surface area contributed by atoms with Crippen molar-refractivity contribution in [2.24, 2.45) is 5.92 Å². The average Bonchev–Trinajstić information content (AvgIpc) is 2.95. The van der Waals surface area contributed by atoms with Crippen LogP contribution in [0, 0.1) is 5.92 Å². The summed E-state index contributed by atoms with van der Waals surface area (Å²) >= 11 is 0. The Labute approximate surface area is 128 Å². The fourth-order valence-corrected chi connectivity index (χ4v) is 2.76. The van der Waals surface area contributed by atoms with Crippen LogP contribution in [0.1, 0.15) is 64.7 Å². The number of unbranched alkanes of at least 4 members (excludes halogenated alkanes) is 7. The number of rotatable bonds is 10. The predicted octanol–water partition coefficient (Wildman–Crippen LogP) is 3.24. The van der Waals surface area contributed by atoms with E-state index >= 15 is 0 Å². The molecule has 5 nitrogen and oxygen atoms in total. The zero-order chi connectivity index (χ0) is 15.5. The first-order valence-electron chi connectivity index (χ1n) is 8.40. The minimum Gasteiger partial charge on any atom is -0.465 e. The maximum absolute atomic E-state index is 11.9. The van der Waals surface area contributed by atoms with Crippen molar-refractivity contribution in [2.75, 3.05) is 19.6 Å². The number of carbonyl (C=O) groups is 2. The van der Waals surface area contributed by atoms with Crippen molar-refractivity contribution in [3.63, 3.8) is 0 Å². The molecule has 1 heterocycles. The van der Waals surface area contributed by atoms with E-state index in [1.54, 1.807) is 0 Å². The molecule has 1 saturated heterocycles. The minimum absolute atomic E-state index is 0.0155. The lowest BCUT2D eigenvalue weighted by atomic mass is 10.1. The van der Waals surface area contributed by atoms with Gasteiger partial charge in [-0.2, -0.15) is 0 Å². The predicted molar refractivity (Wildman–Crippen MR) is 83.3 cm³/mol. The van der Waals surface area contributed by atoms with Gasteiger partial charge in [-0.05, 0) is 12.8 Å². The highest BCUT2D eigenvalue weighted by Gasteiger charge is 2.30. The summed E-state index contributed by atoms with van der Waals surface area (Å²) in [5, 5.41) is 11.8. The van der Waals surface area contributed by atoms with Crippen molar-refractivity contribution in [3.05, 3.63) is 0 Å². The molecule has 0 aromatic carbocycles. The number of nitrogens with one attached hydrogen (secondary N) is 1. The lowest BCUT2D eigenvalue weighted by Gasteiger charge is -2.12. The van der Waals surface area contributed by atoms with Crippen LogP contribution < -0.4 is 5.32 Å². The number of hydrogen-bond donors (Lipinski definition) is 2. The fraction of sp³-hybridized carbons (Fsp3) is 0.875. The third-order valence-electron chi connectivity index (χ3n) is 4.16. The first kappa shape index (κ1) is 17.8. The quantitative estimate of drug-likeness (QED) is 0.608. The second-order valence-corrected chi connectivity index (χ2v) is 5.98. The Morgan fingerprint density at radius 2 is 1.71 bits per heavy atom. The number of carbonyl (C=O) groups excluding carboxylic acids is 1. The van der Waals surface area contributed by atoms with Gasteiger partial charge >= 0.3 is 6.09 Å². The van der Waals surface area contributed by atoms with Crippen LogP contribution in [0.2, 0.25) is 0 Å². The highest BCUT2D eigenvalue weighted by atomic mass is 16.4. The Hall–Kier alpha value is -1.26. The minimum atomic E-state index is -0.923. The molecule has 1 rings (SSSR count). The summed E-state index contributed by atoms with van der Waals surface area (Å²) in [5.74, 6) is -0.142. The molecule has 0 bridgehead atoms. The molecule has 21 heavy (non-hydrogen) atoms. The molecule has 122 valence electrons. The Morgan fingerprint density at radius 1 is 1.10 bits per heavy atom. The highest BCUT2D eigenvalue weighted by molar-refractivity contribution is 5.80. The molecule has 0 aromatic heterocycles. The zero-order valence-corrected chi connectivity index (χ0v) is 13.3. The van der Waals surface area contributed by atoms with Gasteiger partial charge in [-0.15, -0.1) is 0 Å². The summed E-state index contributed by atoms with van der Waals surface area (Å²) < 4.78 is 0. The second kappa shape index (κ2) is 10.5. The molecule has 1 aliphatic heterocycles. The molecule has 0 spiro atoms. The molecule has 1 fully saturated rings. The maximum atomic E-state index is 11.9. The van der Waals surface area contributed by atoms with Crippen LogP contribution >= 0.6 is 0 Å². The maximum Gasteiger partial charge on any atom is 0.407 e. The molecule has 0 saturated carbocycles. The van der Waals surface area contributed by atoms with Crippen molar-refractivity contribution in [1.82, 2.24) is 10.2 Å². The Morgan fingerprint density at radius 3 is 2.29 bits per heavy atom. The van der Waals surface area contributed by atoms with Gasteiger partial charge in [0.1, 0.15) is 0 Å². The molecule has 5 heteroatoms. The molecule has 2 amide bonds. The van der Waals surface area contributed by atoms with Crippen LogP contribution in [0.5, 0.6) is 0 Å².